The van der Waals surface area contributed by atoms with Crippen LogP contribution in [-0.4, -0.2) is 44.0 Å². The minimum Gasteiger partial charge on any atom is -0.463 e. The molecule has 0 amide bonds. The molecule has 1 atom stereocenters. The molecule has 0 bridgehead atoms. The Labute approximate surface area is 103 Å². The monoisotopic (exact) mass is 247 g/mol. The molecule has 5 nitrogen and oxygen atoms in total. The van der Waals surface area contributed by atoms with Crippen molar-refractivity contribution in [2.75, 3.05) is 33.0 Å². The fraction of sp³-hybridized carbons (Fsp3) is 0.917. The van der Waals surface area contributed by atoms with Gasteiger partial charge in [-0.1, -0.05) is 13.8 Å². The van der Waals surface area contributed by atoms with Crippen molar-refractivity contribution in [1.82, 2.24) is 0 Å². The molecule has 0 fully saturated rings. The van der Waals surface area contributed by atoms with Gasteiger partial charge in [-0.05, 0) is 24.8 Å². The summed E-state index contributed by atoms with van der Waals surface area (Å²) in [5, 5.41) is 8.46. The first-order valence-electron chi connectivity index (χ1n) is 6.14. The number of ether oxygens (including phenoxy) is 2. The number of rotatable bonds is 10. The average molecular weight is 247 g/mol. The molecule has 0 saturated carbocycles. The molecule has 17 heavy (non-hydrogen) atoms. The lowest BCUT2D eigenvalue weighted by Gasteiger charge is -2.16. The van der Waals surface area contributed by atoms with Crippen LogP contribution in [0, 0.1) is 11.8 Å². The maximum atomic E-state index is 11.4. The van der Waals surface area contributed by atoms with E-state index < -0.39 is 0 Å². The highest BCUT2D eigenvalue weighted by Crippen LogP contribution is 2.14. The fourth-order valence-electron chi connectivity index (χ4n) is 1.61. The molecule has 5 heteroatoms. The molecule has 3 N–H and O–H groups in total. The third-order valence-electron chi connectivity index (χ3n) is 2.32. The second-order valence-electron chi connectivity index (χ2n) is 4.49. The van der Waals surface area contributed by atoms with Crippen LogP contribution < -0.4 is 5.73 Å². The van der Waals surface area contributed by atoms with Crippen LogP contribution in [0.5, 0.6) is 0 Å². The van der Waals surface area contributed by atoms with Crippen LogP contribution in [0.1, 0.15) is 26.7 Å². The molecule has 0 heterocycles. The quantitative estimate of drug-likeness (QED) is 0.435. The highest BCUT2D eigenvalue weighted by Gasteiger charge is 2.14. The van der Waals surface area contributed by atoms with Crippen molar-refractivity contribution in [2.24, 2.45) is 17.6 Å². The van der Waals surface area contributed by atoms with E-state index in [4.69, 9.17) is 20.3 Å². The number of carbonyl (C=O) groups excluding carboxylic acids is 1. The van der Waals surface area contributed by atoms with Gasteiger partial charge in [0.1, 0.15) is 6.61 Å². The van der Waals surface area contributed by atoms with Crippen molar-refractivity contribution >= 4 is 5.97 Å². The molecular formula is C12H25NO4. The summed E-state index contributed by atoms with van der Waals surface area (Å²) < 4.78 is 9.98. The minimum absolute atomic E-state index is 0.0163. The van der Waals surface area contributed by atoms with E-state index in [1.54, 1.807) is 0 Å². The van der Waals surface area contributed by atoms with Crippen LogP contribution in [0.4, 0.5) is 0 Å². The number of hydrogen-bond donors (Lipinski definition) is 2. The molecule has 0 aromatic carbocycles. The number of nitrogens with two attached hydrogens (primary N) is 1. The van der Waals surface area contributed by atoms with Gasteiger partial charge in [-0.2, -0.15) is 0 Å². The van der Waals surface area contributed by atoms with E-state index in [1.165, 1.54) is 0 Å². The van der Waals surface area contributed by atoms with Crippen molar-refractivity contribution in [3.8, 4) is 0 Å². The van der Waals surface area contributed by atoms with Gasteiger partial charge in [-0.3, -0.25) is 4.79 Å². The Balaban J connectivity index is 3.61. The first kappa shape index (κ1) is 16.4. The number of carbonyl (C=O) groups is 1. The SMILES string of the molecule is CC(C)C[C@H](CN)CC(=O)OCCOCCO. The zero-order valence-corrected chi connectivity index (χ0v) is 10.9. The van der Waals surface area contributed by atoms with Gasteiger partial charge in [0.05, 0.1) is 19.8 Å². The second kappa shape index (κ2) is 10.5. The minimum atomic E-state index is -0.228. The van der Waals surface area contributed by atoms with E-state index >= 15 is 0 Å². The Morgan fingerprint density at radius 3 is 2.53 bits per heavy atom. The van der Waals surface area contributed by atoms with Crippen LogP contribution >= 0.6 is 0 Å². The van der Waals surface area contributed by atoms with Gasteiger partial charge < -0.3 is 20.3 Å². The van der Waals surface area contributed by atoms with Crippen LogP contribution in [-0.2, 0) is 14.3 Å². The van der Waals surface area contributed by atoms with Gasteiger partial charge in [0.2, 0.25) is 0 Å². The highest BCUT2D eigenvalue weighted by molar-refractivity contribution is 5.69. The summed E-state index contributed by atoms with van der Waals surface area (Å²) in [6.07, 6.45) is 1.31. The van der Waals surface area contributed by atoms with Crippen molar-refractivity contribution in [3.05, 3.63) is 0 Å². The molecule has 102 valence electrons. The summed E-state index contributed by atoms with van der Waals surface area (Å²) >= 11 is 0. The molecule has 0 aliphatic heterocycles. The highest BCUT2D eigenvalue weighted by atomic mass is 16.6. The van der Waals surface area contributed by atoms with Crippen molar-refractivity contribution in [2.45, 2.75) is 26.7 Å². The Hall–Kier alpha value is -0.650. The Bertz CT molecular complexity index is 197. The van der Waals surface area contributed by atoms with Gasteiger partial charge in [-0.25, -0.2) is 0 Å². The summed E-state index contributed by atoms with van der Waals surface area (Å²) in [4.78, 5) is 11.4. The maximum absolute atomic E-state index is 11.4. The van der Waals surface area contributed by atoms with E-state index in [-0.39, 0.29) is 31.7 Å². The second-order valence-corrected chi connectivity index (χ2v) is 4.49. The van der Waals surface area contributed by atoms with E-state index in [0.29, 0.717) is 25.5 Å². The Morgan fingerprint density at radius 1 is 1.29 bits per heavy atom. The van der Waals surface area contributed by atoms with Crippen molar-refractivity contribution < 1.29 is 19.4 Å². The molecule has 0 rings (SSSR count). The summed E-state index contributed by atoms with van der Waals surface area (Å²) in [6.45, 7) is 5.54. The van der Waals surface area contributed by atoms with Gasteiger partial charge >= 0.3 is 5.97 Å². The first-order valence-corrected chi connectivity index (χ1v) is 6.14. The van der Waals surface area contributed by atoms with Gasteiger partial charge in [0.25, 0.3) is 0 Å². The normalized spacial score (nSPS) is 12.8. The molecule has 0 spiro atoms. The van der Waals surface area contributed by atoms with Crippen LogP contribution in [0.25, 0.3) is 0 Å². The average Bonchev–Trinajstić information content (AvgIpc) is 2.27. The summed E-state index contributed by atoms with van der Waals surface area (Å²) in [5.41, 5.74) is 5.60. The van der Waals surface area contributed by atoms with E-state index in [2.05, 4.69) is 13.8 Å². The van der Waals surface area contributed by atoms with E-state index in [1.807, 2.05) is 0 Å². The third-order valence-corrected chi connectivity index (χ3v) is 2.32. The molecule has 0 unspecified atom stereocenters. The van der Waals surface area contributed by atoms with Gasteiger partial charge in [-0.15, -0.1) is 0 Å². The number of aliphatic hydroxyl groups excluding tert-OH is 1. The van der Waals surface area contributed by atoms with Crippen molar-refractivity contribution in [3.63, 3.8) is 0 Å². The number of esters is 1. The first-order chi connectivity index (χ1) is 8.10. The fourth-order valence-corrected chi connectivity index (χ4v) is 1.61. The summed E-state index contributed by atoms with van der Waals surface area (Å²) in [6, 6.07) is 0. The predicted octanol–water partition coefficient (Wildman–Crippen LogP) is 0.550. The van der Waals surface area contributed by atoms with Crippen LogP contribution in [0.15, 0.2) is 0 Å². The lowest BCUT2D eigenvalue weighted by molar-refractivity contribution is -0.146. The lowest BCUT2D eigenvalue weighted by Crippen LogP contribution is -2.22. The molecular weight excluding hydrogens is 222 g/mol. The third kappa shape index (κ3) is 10.2. The molecule has 0 saturated heterocycles. The van der Waals surface area contributed by atoms with E-state index in [9.17, 15) is 4.79 Å². The van der Waals surface area contributed by atoms with E-state index in [0.717, 1.165) is 6.42 Å². The standard InChI is InChI=1S/C12H25NO4/c1-10(2)7-11(9-13)8-12(15)17-6-5-16-4-3-14/h10-11,14H,3-9,13H2,1-2H3/t11-/m0/s1. The largest absolute Gasteiger partial charge is 0.463 e. The molecule has 0 aromatic rings. The maximum Gasteiger partial charge on any atom is 0.306 e. The molecule has 0 aliphatic carbocycles. The number of aliphatic hydroxyl groups is 1. The lowest BCUT2D eigenvalue weighted by atomic mass is 9.94. The Kier molecular flexibility index (Phi) is 10.1. The molecule has 0 aromatic heterocycles. The van der Waals surface area contributed by atoms with Gasteiger partial charge in [0, 0.05) is 6.42 Å². The summed E-state index contributed by atoms with van der Waals surface area (Å²) in [7, 11) is 0. The number of hydrogen-bond acceptors (Lipinski definition) is 5. The zero-order chi connectivity index (χ0) is 13.1. The predicted molar refractivity (Wildman–Crippen MR) is 65.5 cm³/mol. The van der Waals surface area contributed by atoms with Gasteiger partial charge in [0.15, 0.2) is 0 Å². The zero-order valence-electron chi connectivity index (χ0n) is 10.9. The Morgan fingerprint density at radius 2 is 2.00 bits per heavy atom. The van der Waals surface area contributed by atoms with Crippen LogP contribution in [0.3, 0.4) is 0 Å². The van der Waals surface area contributed by atoms with Crippen LogP contribution in [0.2, 0.25) is 0 Å². The van der Waals surface area contributed by atoms with Crippen molar-refractivity contribution in [1.29, 1.82) is 0 Å². The smallest absolute Gasteiger partial charge is 0.306 e. The molecule has 0 radical (unpaired) electrons. The summed E-state index contributed by atoms with van der Waals surface area (Å²) in [5.74, 6) is 0.499. The molecule has 0 aliphatic rings. The topological polar surface area (TPSA) is 81.8 Å².